The van der Waals surface area contributed by atoms with E-state index in [2.05, 4.69) is 20.8 Å². The molecule has 1 saturated carbocycles. The van der Waals surface area contributed by atoms with Crippen LogP contribution in [-0.4, -0.2) is 24.8 Å². The van der Waals surface area contributed by atoms with Crippen molar-refractivity contribution in [3.63, 3.8) is 0 Å². The van der Waals surface area contributed by atoms with Gasteiger partial charge in [0.2, 0.25) is 0 Å². The molecule has 3 aliphatic heterocycles. The molecule has 2 aliphatic carbocycles. The number of carbonyl (C=O) groups excluding carboxylic acids is 1. The molecule has 1 saturated heterocycles. The van der Waals surface area contributed by atoms with Gasteiger partial charge in [0.05, 0.1) is 13.7 Å². The van der Waals surface area contributed by atoms with Crippen molar-refractivity contribution in [2.45, 2.75) is 63.9 Å². The Balaban J connectivity index is 1.87. The summed E-state index contributed by atoms with van der Waals surface area (Å²) in [6.45, 7) is 7.07. The predicted octanol–water partition coefficient (Wildman–Crippen LogP) is 3.96. The molecule has 26 heavy (non-hydrogen) atoms. The zero-order valence-electron chi connectivity index (χ0n) is 15.8. The maximum absolute atomic E-state index is 13.2. The molecule has 0 radical (unpaired) electrons. The van der Waals surface area contributed by atoms with E-state index >= 15 is 0 Å². The van der Waals surface area contributed by atoms with E-state index in [1.54, 1.807) is 7.11 Å². The van der Waals surface area contributed by atoms with Gasteiger partial charge in [0.1, 0.15) is 17.3 Å². The van der Waals surface area contributed by atoms with Crippen molar-refractivity contribution in [3.8, 4) is 17.2 Å². The summed E-state index contributed by atoms with van der Waals surface area (Å²) in [6.07, 6.45) is 3.20. The third-order valence-corrected chi connectivity index (χ3v) is 7.39. The number of fused-ring (bicyclic) bond motifs is 2. The maximum atomic E-state index is 13.2. The van der Waals surface area contributed by atoms with Gasteiger partial charge in [0.25, 0.3) is 0 Å². The van der Waals surface area contributed by atoms with Crippen LogP contribution in [0.1, 0.15) is 75.2 Å². The second-order valence-electron chi connectivity index (χ2n) is 9.12. The summed E-state index contributed by atoms with van der Waals surface area (Å²) in [5.41, 5.74) is 1.77. The van der Waals surface area contributed by atoms with E-state index in [0.717, 1.165) is 41.7 Å². The number of benzene rings is 1. The third-order valence-electron chi connectivity index (χ3n) is 7.39. The third kappa shape index (κ3) is 1.65. The van der Waals surface area contributed by atoms with Gasteiger partial charge in [-0.05, 0) is 30.6 Å². The number of ether oxygens (including phenoxy) is 3. The van der Waals surface area contributed by atoms with Crippen LogP contribution in [0.25, 0.3) is 0 Å². The van der Waals surface area contributed by atoms with E-state index in [-0.39, 0.29) is 35.1 Å². The molecular weight excluding hydrogens is 332 g/mol. The zero-order valence-corrected chi connectivity index (χ0v) is 15.8. The molecule has 1 aromatic carbocycles. The SMILES string of the molecule is COc1c2c(c(O)c3c1[C@@H](C)CO3)[C@@]13CCCC(C)(C)[C@@H]1C[C@@H]2OC3=O. The van der Waals surface area contributed by atoms with Crippen molar-refractivity contribution in [1.82, 2.24) is 0 Å². The summed E-state index contributed by atoms with van der Waals surface area (Å²) in [5, 5.41) is 11.2. The van der Waals surface area contributed by atoms with Gasteiger partial charge in [-0.15, -0.1) is 0 Å². The second kappa shape index (κ2) is 4.87. The van der Waals surface area contributed by atoms with Gasteiger partial charge >= 0.3 is 5.97 Å². The van der Waals surface area contributed by atoms with Crippen molar-refractivity contribution >= 4 is 5.97 Å². The predicted molar refractivity (Wildman–Crippen MR) is 94.8 cm³/mol. The van der Waals surface area contributed by atoms with Crippen LogP contribution in [0.4, 0.5) is 0 Å². The summed E-state index contributed by atoms with van der Waals surface area (Å²) < 4.78 is 17.5. The van der Waals surface area contributed by atoms with Gasteiger partial charge in [-0.3, -0.25) is 4.79 Å². The van der Waals surface area contributed by atoms with Crippen LogP contribution in [0.15, 0.2) is 0 Å². The maximum Gasteiger partial charge on any atom is 0.317 e. The van der Waals surface area contributed by atoms with E-state index in [0.29, 0.717) is 18.8 Å². The number of carbonyl (C=O) groups is 1. The Labute approximate surface area is 153 Å². The first-order valence-corrected chi connectivity index (χ1v) is 9.64. The Bertz CT molecular complexity index is 826. The average molecular weight is 358 g/mol. The molecule has 0 amide bonds. The number of hydrogen-bond donors (Lipinski definition) is 1. The second-order valence-corrected chi connectivity index (χ2v) is 9.12. The Morgan fingerprint density at radius 2 is 2.00 bits per heavy atom. The van der Waals surface area contributed by atoms with Gasteiger partial charge in [-0.1, -0.05) is 27.2 Å². The summed E-state index contributed by atoms with van der Waals surface area (Å²) in [4.78, 5) is 13.2. The molecule has 5 aliphatic rings. The first-order chi connectivity index (χ1) is 12.3. The minimum absolute atomic E-state index is 0.0282. The first-order valence-electron chi connectivity index (χ1n) is 9.64. The smallest absolute Gasteiger partial charge is 0.317 e. The van der Waals surface area contributed by atoms with Crippen LogP contribution < -0.4 is 9.47 Å². The number of phenolic OH excluding ortho intramolecular Hbond substituents is 1. The van der Waals surface area contributed by atoms with E-state index in [1.807, 2.05) is 0 Å². The molecule has 2 bridgehead atoms. The van der Waals surface area contributed by atoms with Crippen LogP contribution in [0.3, 0.4) is 0 Å². The molecule has 4 atom stereocenters. The standard InChI is InChI=1S/C21H26O5/c1-10-9-25-18-13(10)17(24-4)14-11-8-12-20(2,3)6-5-7-21(12,19(23)26-11)15(14)16(18)22/h10-12,22H,5-9H2,1-4H3/t10-,11-,12-,21+/m0/s1. The molecule has 5 heteroatoms. The molecule has 6 rings (SSSR count). The van der Waals surface area contributed by atoms with Gasteiger partial charge in [-0.25, -0.2) is 0 Å². The lowest BCUT2D eigenvalue weighted by Crippen LogP contribution is -2.59. The Morgan fingerprint density at radius 3 is 2.73 bits per heavy atom. The molecule has 1 spiro atoms. The summed E-state index contributed by atoms with van der Waals surface area (Å²) in [7, 11) is 1.65. The molecule has 2 fully saturated rings. The minimum Gasteiger partial charge on any atom is -0.504 e. The van der Waals surface area contributed by atoms with Crippen molar-refractivity contribution in [2.75, 3.05) is 13.7 Å². The molecule has 1 N–H and O–H groups in total. The molecule has 0 aromatic heterocycles. The highest BCUT2D eigenvalue weighted by molar-refractivity contribution is 5.91. The summed E-state index contributed by atoms with van der Waals surface area (Å²) >= 11 is 0. The first kappa shape index (κ1) is 16.3. The normalized spacial score (nSPS) is 35.8. The quantitative estimate of drug-likeness (QED) is 0.770. The highest BCUT2D eigenvalue weighted by Gasteiger charge is 2.66. The monoisotopic (exact) mass is 358 g/mol. The topological polar surface area (TPSA) is 65.0 Å². The minimum atomic E-state index is -0.784. The molecule has 5 nitrogen and oxygen atoms in total. The fourth-order valence-electron chi connectivity index (χ4n) is 6.27. The Kier molecular flexibility index (Phi) is 3.05. The van der Waals surface area contributed by atoms with Crippen LogP contribution in [-0.2, 0) is 14.9 Å². The molecular formula is C21H26O5. The molecule has 1 aromatic rings. The Morgan fingerprint density at radius 1 is 1.23 bits per heavy atom. The number of hydrogen-bond acceptors (Lipinski definition) is 5. The lowest BCUT2D eigenvalue weighted by molar-refractivity contribution is -0.185. The van der Waals surface area contributed by atoms with Crippen molar-refractivity contribution in [2.24, 2.45) is 11.3 Å². The van der Waals surface area contributed by atoms with Crippen LogP contribution in [0, 0.1) is 11.3 Å². The average Bonchev–Trinajstić information content (AvgIpc) is 2.97. The number of aromatic hydroxyl groups is 1. The van der Waals surface area contributed by atoms with Crippen LogP contribution in [0.2, 0.25) is 0 Å². The van der Waals surface area contributed by atoms with E-state index in [9.17, 15) is 9.90 Å². The van der Waals surface area contributed by atoms with E-state index in [4.69, 9.17) is 14.2 Å². The van der Waals surface area contributed by atoms with Crippen LogP contribution in [0.5, 0.6) is 17.2 Å². The fourth-order valence-corrected chi connectivity index (χ4v) is 6.27. The highest BCUT2D eigenvalue weighted by atomic mass is 16.6. The lowest BCUT2D eigenvalue weighted by Gasteiger charge is -2.58. The van der Waals surface area contributed by atoms with Gasteiger partial charge in [-0.2, -0.15) is 0 Å². The van der Waals surface area contributed by atoms with Crippen molar-refractivity contribution < 1.29 is 24.1 Å². The number of methoxy groups -OCH3 is 1. The van der Waals surface area contributed by atoms with E-state index < -0.39 is 5.41 Å². The number of esters is 1. The molecule has 3 heterocycles. The van der Waals surface area contributed by atoms with Gasteiger partial charge in [0.15, 0.2) is 11.5 Å². The van der Waals surface area contributed by atoms with E-state index in [1.165, 1.54) is 0 Å². The largest absolute Gasteiger partial charge is 0.504 e. The fraction of sp³-hybridized carbons (Fsp3) is 0.667. The van der Waals surface area contributed by atoms with Crippen molar-refractivity contribution in [1.29, 1.82) is 0 Å². The van der Waals surface area contributed by atoms with Crippen molar-refractivity contribution in [3.05, 3.63) is 16.7 Å². The molecule has 140 valence electrons. The number of rotatable bonds is 1. The van der Waals surface area contributed by atoms with Crippen LogP contribution >= 0.6 is 0 Å². The van der Waals surface area contributed by atoms with Gasteiger partial charge in [0, 0.05) is 22.6 Å². The lowest BCUT2D eigenvalue weighted by atomic mass is 9.47. The molecule has 0 unspecified atom stereocenters. The number of phenols is 1. The summed E-state index contributed by atoms with van der Waals surface area (Å²) in [6, 6.07) is 0. The van der Waals surface area contributed by atoms with Gasteiger partial charge < -0.3 is 19.3 Å². The zero-order chi connectivity index (χ0) is 18.4. The summed E-state index contributed by atoms with van der Waals surface area (Å²) in [5.74, 6) is 1.52. The highest BCUT2D eigenvalue weighted by Crippen LogP contribution is 2.68. The Hall–Kier alpha value is -1.91.